The number of aliphatic hydroxyl groups is 1. The molecule has 0 aromatic heterocycles. The first-order valence-corrected chi connectivity index (χ1v) is 6.54. The molecule has 110 valence electrons. The minimum atomic E-state index is -0.519. The molecule has 1 rings (SSSR count). The van der Waals surface area contributed by atoms with Gasteiger partial charge in [-0.1, -0.05) is 26.3 Å². The van der Waals surface area contributed by atoms with Crippen LogP contribution < -0.4 is 9.47 Å². The van der Waals surface area contributed by atoms with Crippen molar-refractivity contribution in [2.45, 2.75) is 26.4 Å². The number of hydrogen-bond acceptors (Lipinski definition) is 4. The van der Waals surface area contributed by atoms with Gasteiger partial charge in [0.2, 0.25) is 0 Å². The van der Waals surface area contributed by atoms with Gasteiger partial charge in [0.05, 0.1) is 20.3 Å². The Labute approximate surface area is 117 Å². The van der Waals surface area contributed by atoms with Gasteiger partial charge in [0.15, 0.2) is 11.5 Å². The van der Waals surface area contributed by atoms with Gasteiger partial charge in [0, 0.05) is 6.54 Å². The van der Waals surface area contributed by atoms with Gasteiger partial charge >= 0.3 is 0 Å². The van der Waals surface area contributed by atoms with Crippen LogP contribution in [-0.4, -0.2) is 44.9 Å². The second-order valence-corrected chi connectivity index (χ2v) is 4.60. The number of aliphatic hydroxyl groups excluding tert-OH is 1. The third-order valence-electron chi connectivity index (χ3n) is 2.33. The first-order chi connectivity index (χ1) is 8.99. The molecule has 4 nitrogen and oxygen atoms in total. The number of nitrogens with zero attached hydrogens (tertiary/aromatic N) is 1. The fourth-order valence-electron chi connectivity index (χ4n) is 1.51. The Balaban J connectivity index is 0.000000982. The summed E-state index contributed by atoms with van der Waals surface area (Å²) in [5.41, 5.74) is 0.825. The van der Waals surface area contributed by atoms with Crippen molar-refractivity contribution in [3.63, 3.8) is 0 Å². The molecule has 0 fully saturated rings. The molecule has 1 aromatic carbocycles. The molecule has 0 aliphatic rings. The normalized spacial score (nSPS) is 11.6. The van der Waals surface area contributed by atoms with E-state index in [9.17, 15) is 5.11 Å². The Morgan fingerprint density at radius 3 is 2.05 bits per heavy atom. The Kier molecular flexibility index (Phi) is 9.00. The summed E-state index contributed by atoms with van der Waals surface area (Å²) >= 11 is 0. The average Bonchev–Trinajstić information content (AvgIpc) is 2.38. The molecule has 0 unspecified atom stereocenters. The molecule has 4 heteroatoms. The molecule has 1 atom stereocenters. The van der Waals surface area contributed by atoms with Crippen LogP contribution in [0.15, 0.2) is 18.2 Å². The lowest BCUT2D eigenvalue weighted by Gasteiger charge is -2.17. The third-order valence-corrected chi connectivity index (χ3v) is 2.33. The Morgan fingerprint density at radius 2 is 1.63 bits per heavy atom. The summed E-state index contributed by atoms with van der Waals surface area (Å²) in [7, 11) is 7.02. The average molecular weight is 269 g/mol. The number of rotatable bonds is 5. The van der Waals surface area contributed by atoms with E-state index in [0.717, 1.165) is 5.56 Å². The van der Waals surface area contributed by atoms with E-state index >= 15 is 0 Å². The zero-order chi connectivity index (χ0) is 14.8. The SMILES string of the molecule is CCC.COc1ccc([C@@H](O)CN(C)C)cc1OC. The Bertz CT molecular complexity index is 353. The van der Waals surface area contributed by atoms with Crippen molar-refractivity contribution in [3.05, 3.63) is 23.8 Å². The van der Waals surface area contributed by atoms with Crippen LogP contribution in [0.3, 0.4) is 0 Å². The van der Waals surface area contributed by atoms with Crippen molar-refractivity contribution in [1.29, 1.82) is 0 Å². The lowest BCUT2D eigenvalue weighted by atomic mass is 10.1. The number of likely N-dealkylation sites (N-methyl/N-ethyl adjacent to an activating group) is 1. The number of methoxy groups -OCH3 is 2. The van der Waals surface area contributed by atoms with Crippen LogP contribution in [0.4, 0.5) is 0 Å². The Morgan fingerprint density at radius 1 is 1.11 bits per heavy atom. The highest BCUT2D eigenvalue weighted by atomic mass is 16.5. The van der Waals surface area contributed by atoms with E-state index in [1.165, 1.54) is 6.42 Å². The molecule has 1 aromatic rings. The van der Waals surface area contributed by atoms with Crippen LogP contribution in [0.1, 0.15) is 31.9 Å². The molecular weight excluding hydrogens is 242 g/mol. The first-order valence-electron chi connectivity index (χ1n) is 6.54. The molecule has 0 radical (unpaired) electrons. The molecule has 0 saturated carbocycles. The molecule has 0 heterocycles. The predicted molar refractivity (Wildman–Crippen MR) is 79.0 cm³/mol. The minimum absolute atomic E-state index is 0.519. The maximum absolute atomic E-state index is 9.94. The standard InChI is InChI=1S/C12H19NO3.C3H8/c1-13(2)8-10(14)9-5-6-11(15-3)12(7-9)16-4;1-3-2/h5-7,10,14H,8H2,1-4H3;3H2,1-2H3/t10-;/m0./s1. The van der Waals surface area contributed by atoms with Gasteiger partial charge < -0.3 is 19.5 Å². The smallest absolute Gasteiger partial charge is 0.161 e. The zero-order valence-corrected chi connectivity index (χ0v) is 12.9. The van der Waals surface area contributed by atoms with Gasteiger partial charge in [-0.15, -0.1) is 0 Å². The first kappa shape index (κ1) is 17.7. The van der Waals surface area contributed by atoms with Crippen LogP contribution in [0.25, 0.3) is 0 Å². The van der Waals surface area contributed by atoms with Gasteiger partial charge in [0.1, 0.15) is 0 Å². The van der Waals surface area contributed by atoms with Gasteiger partial charge in [0.25, 0.3) is 0 Å². The van der Waals surface area contributed by atoms with Gasteiger partial charge in [-0.3, -0.25) is 0 Å². The van der Waals surface area contributed by atoms with Crippen LogP contribution in [0.2, 0.25) is 0 Å². The molecule has 0 aliphatic carbocycles. The molecular formula is C15H27NO3. The molecule has 0 aliphatic heterocycles. The maximum Gasteiger partial charge on any atom is 0.161 e. The summed E-state index contributed by atoms with van der Waals surface area (Å²) < 4.78 is 10.3. The lowest BCUT2D eigenvalue weighted by Crippen LogP contribution is -2.20. The quantitative estimate of drug-likeness (QED) is 0.892. The summed E-state index contributed by atoms with van der Waals surface area (Å²) in [4.78, 5) is 1.93. The van der Waals surface area contributed by atoms with Gasteiger partial charge in [-0.2, -0.15) is 0 Å². The fourth-order valence-corrected chi connectivity index (χ4v) is 1.51. The van der Waals surface area contributed by atoms with Crippen molar-refractivity contribution in [2.75, 3.05) is 34.9 Å². The van der Waals surface area contributed by atoms with E-state index in [-0.39, 0.29) is 0 Å². The topological polar surface area (TPSA) is 41.9 Å². The van der Waals surface area contributed by atoms with Crippen LogP contribution in [0.5, 0.6) is 11.5 Å². The zero-order valence-electron chi connectivity index (χ0n) is 12.9. The maximum atomic E-state index is 9.94. The molecule has 0 bridgehead atoms. The van der Waals surface area contributed by atoms with Crippen molar-refractivity contribution in [3.8, 4) is 11.5 Å². The number of ether oxygens (including phenoxy) is 2. The highest BCUT2D eigenvalue weighted by Gasteiger charge is 2.12. The second kappa shape index (κ2) is 9.64. The van der Waals surface area contributed by atoms with Crippen molar-refractivity contribution in [2.24, 2.45) is 0 Å². The van der Waals surface area contributed by atoms with E-state index in [1.54, 1.807) is 26.4 Å². The van der Waals surface area contributed by atoms with E-state index in [4.69, 9.17) is 9.47 Å². The van der Waals surface area contributed by atoms with Crippen molar-refractivity contribution >= 4 is 0 Å². The van der Waals surface area contributed by atoms with E-state index < -0.39 is 6.10 Å². The summed E-state index contributed by atoms with van der Waals surface area (Å²) in [6.45, 7) is 4.83. The highest BCUT2D eigenvalue weighted by Crippen LogP contribution is 2.29. The highest BCUT2D eigenvalue weighted by molar-refractivity contribution is 5.43. The minimum Gasteiger partial charge on any atom is -0.493 e. The lowest BCUT2D eigenvalue weighted by molar-refractivity contribution is 0.138. The van der Waals surface area contributed by atoms with Gasteiger partial charge in [-0.05, 0) is 31.8 Å². The Hall–Kier alpha value is -1.26. The number of benzene rings is 1. The van der Waals surface area contributed by atoms with E-state index in [1.807, 2.05) is 25.1 Å². The molecule has 1 N–H and O–H groups in total. The second-order valence-electron chi connectivity index (χ2n) is 4.60. The number of hydrogen-bond donors (Lipinski definition) is 1. The monoisotopic (exact) mass is 269 g/mol. The molecule has 19 heavy (non-hydrogen) atoms. The molecule has 0 amide bonds. The van der Waals surface area contributed by atoms with E-state index in [2.05, 4.69) is 13.8 Å². The molecule has 0 saturated heterocycles. The molecule has 0 spiro atoms. The summed E-state index contributed by atoms with van der Waals surface area (Å²) in [6.07, 6.45) is 0.731. The van der Waals surface area contributed by atoms with Crippen molar-refractivity contribution in [1.82, 2.24) is 4.90 Å². The summed E-state index contributed by atoms with van der Waals surface area (Å²) in [5.74, 6) is 1.31. The third kappa shape index (κ3) is 6.45. The summed E-state index contributed by atoms with van der Waals surface area (Å²) in [6, 6.07) is 5.44. The van der Waals surface area contributed by atoms with Crippen molar-refractivity contribution < 1.29 is 14.6 Å². The van der Waals surface area contributed by atoms with Crippen LogP contribution in [-0.2, 0) is 0 Å². The fraction of sp³-hybridized carbons (Fsp3) is 0.600. The van der Waals surface area contributed by atoms with Crippen LogP contribution in [0, 0.1) is 0 Å². The van der Waals surface area contributed by atoms with Crippen LogP contribution >= 0.6 is 0 Å². The van der Waals surface area contributed by atoms with E-state index in [0.29, 0.717) is 18.0 Å². The summed E-state index contributed by atoms with van der Waals surface area (Å²) in [5, 5.41) is 9.94. The van der Waals surface area contributed by atoms with Gasteiger partial charge in [-0.25, -0.2) is 0 Å². The largest absolute Gasteiger partial charge is 0.493 e. The predicted octanol–water partition coefficient (Wildman–Crippen LogP) is 2.72.